The second kappa shape index (κ2) is 6.42. The highest BCUT2D eigenvalue weighted by molar-refractivity contribution is 5.28. The smallest absolute Gasteiger partial charge is 0.0191 e. The third-order valence-electron chi connectivity index (χ3n) is 4.16. The first-order valence-electron chi connectivity index (χ1n) is 7.70. The summed E-state index contributed by atoms with van der Waals surface area (Å²) in [5.41, 5.74) is 3.20. The summed E-state index contributed by atoms with van der Waals surface area (Å²) in [5.74, 6) is 0. The van der Waals surface area contributed by atoms with Gasteiger partial charge in [-0.1, -0.05) is 13.8 Å². The zero-order chi connectivity index (χ0) is 13.0. The van der Waals surface area contributed by atoms with E-state index in [1.54, 1.807) is 11.1 Å². The summed E-state index contributed by atoms with van der Waals surface area (Å²) in [5, 5.41) is 0. The Kier molecular flexibility index (Phi) is 4.87. The first kappa shape index (κ1) is 13.7. The van der Waals surface area contributed by atoms with Crippen molar-refractivity contribution >= 4 is 0 Å². The van der Waals surface area contributed by atoms with Crippen LogP contribution in [0, 0.1) is 0 Å². The Balaban J connectivity index is 2.04. The Morgan fingerprint density at radius 1 is 1.11 bits per heavy atom. The van der Waals surface area contributed by atoms with E-state index in [0.29, 0.717) is 0 Å². The molecule has 2 rings (SSSR count). The van der Waals surface area contributed by atoms with E-state index < -0.39 is 0 Å². The third-order valence-corrected chi connectivity index (χ3v) is 4.16. The summed E-state index contributed by atoms with van der Waals surface area (Å²) in [7, 11) is 0. The molecule has 0 bridgehead atoms. The van der Waals surface area contributed by atoms with Crippen molar-refractivity contribution in [3.05, 3.63) is 23.5 Å². The van der Waals surface area contributed by atoms with Crippen molar-refractivity contribution < 1.29 is 0 Å². The average Bonchev–Trinajstić information content (AvgIpc) is 2.80. The first-order chi connectivity index (χ1) is 8.78. The van der Waals surface area contributed by atoms with Crippen molar-refractivity contribution in [2.24, 2.45) is 0 Å². The zero-order valence-electron chi connectivity index (χ0n) is 12.3. The second-order valence-electron chi connectivity index (χ2n) is 5.57. The number of hydrogen-bond acceptors (Lipinski definition) is 1. The molecule has 1 aliphatic rings. The third kappa shape index (κ3) is 2.97. The van der Waals surface area contributed by atoms with Gasteiger partial charge in [-0.15, -0.1) is 0 Å². The number of fused-ring (bicyclic) bond motifs is 1. The van der Waals surface area contributed by atoms with E-state index in [1.807, 2.05) is 0 Å². The van der Waals surface area contributed by atoms with Gasteiger partial charge in [-0.2, -0.15) is 0 Å². The molecule has 2 heteroatoms. The van der Waals surface area contributed by atoms with Gasteiger partial charge in [0.05, 0.1) is 0 Å². The topological polar surface area (TPSA) is 8.17 Å². The van der Waals surface area contributed by atoms with Gasteiger partial charge < -0.3 is 9.47 Å². The minimum absolute atomic E-state index is 0.783. The predicted molar refractivity (Wildman–Crippen MR) is 78.1 cm³/mol. The molecular weight excluding hydrogens is 220 g/mol. The highest BCUT2D eigenvalue weighted by Crippen LogP contribution is 2.25. The van der Waals surface area contributed by atoms with Gasteiger partial charge in [0, 0.05) is 25.0 Å². The molecule has 0 radical (unpaired) electrons. The molecule has 0 saturated carbocycles. The average molecular weight is 248 g/mol. The van der Waals surface area contributed by atoms with Crippen molar-refractivity contribution in [2.75, 3.05) is 13.1 Å². The Labute approximate surface area is 112 Å². The summed E-state index contributed by atoms with van der Waals surface area (Å²) in [4.78, 5) is 2.71. The second-order valence-corrected chi connectivity index (χ2v) is 5.57. The molecule has 0 N–H and O–H groups in total. The number of rotatable bonds is 6. The van der Waals surface area contributed by atoms with Crippen molar-refractivity contribution in [1.82, 2.24) is 9.47 Å². The highest BCUT2D eigenvalue weighted by Gasteiger charge is 2.24. The van der Waals surface area contributed by atoms with Crippen LogP contribution in [0.5, 0.6) is 0 Å². The van der Waals surface area contributed by atoms with E-state index in [2.05, 4.69) is 42.6 Å². The van der Waals surface area contributed by atoms with E-state index in [4.69, 9.17) is 0 Å². The molecule has 0 aliphatic heterocycles. The van der Waals surface area contributed by atoms with Gasteiger partial charge in [0.25, 0.3) is 0 Å². The molecule has 1 aromatic rings. The summed E-state index contributed by atoms with van der Waals surface area (Å²) in [6.07, 6.45) is 11.2. The lowest BCUT2D eigenvalue weighted by atomic mass is 9.90. The van der Waals surface area contributed by atoms with Gasteiger partial charge >= 0.3 is 0 Å². The van der Waals surface area contributed by atoms with E-state index in [-0.39, 0.29) is 0 Å². The largest absolute Gasteiger partial charge is 0.354 e. The fourth-order valence-corrected chi connectivity index (χ4v) is 3.24. The van der Waals surface area contributed by atoms with Gasteiger partial charge in [-0.3, -0.25) is 0 Å². The number of aromatic nitrogens is 1. The molecule has 102 valence electrons. The fourth-order valence-electron chi connectivity index (χ4n) is 3.24. The Hall–Kier alpha value is -0.760. The molecule has 0 saturated heterocycles. The lowest BCUT2D eigenvalue weighted by Gasteiger charge is -2.34. The summed E-state index contributed by atoms with van der Waals surface area (Å²) < 4.78 is 2.34. The van der Waals surface area contributed by atoms with Crippen molar-refractivity contribution in [1.29, 1.82) is 0 Å². The van der Waals surface area contributed by atoms with E-state index in [9.17, 15) is 0 Å². The summed E-state index contributed by atoms with van der Waals surface area (Å²) in [6.45, 7) is 10.5. The van der Waals surface area contributed by atoms with Crippen LogP contribution in [0.3, 0.4) is 0 Å². The SMILES string of the molecule is CCCN(CCC)C1CCc2cn(CC)cc2C1. The van der Waals surface area contributed by atoms with Crippen LogP contribution in [-0.2, 0) is 19.4 Å². The van der Waals surface area contributed by atoms with Crippen molar-refractivity contribution in [3.63, 3.8) is 0 Å². The minimum Gasteiger partial charge on any atom is -0.354 e. The molecule has 0 aromatic carbocycles. The van der Waals surface area contributed by atoms with Crippen LogP contribution < -0.4 is 0 Å². The summed E-state index contributed by atoms with van der Waals surface area (Å²) >= 11 is 0. The molecule has 1 heterocycles. The lowest BCUT2D eigenvalue weighted by Crippen LogP contribution is -2.40. The molecule has 0 spiro atoms. The predicted octanol–water partition coefficient (Wildman–Crippen LogP) is 3.49. The fraction of sp³-hybridized carbons (Fsp3) is 0.750. The maximum atomic E-state index is 2.71. The monoisotopic (exact) mass is 248 g/mol. The number of aryl methyl sites for hydroxylation is 2. The van der Waals surface area contributed by atoms with Gasteiger partial charge in [0.1, 0.15) is 0 Å². The normalized spacial score (nSPS) is 19.2. The Morgan fingerprint density at radius 2 is 1.78 bits per heavy atom. The molecule has 0 amide bonds. The van der Waals surface area contributed by atoms with E-state index >= 15 is 0 Å². The zero-order valence-corrected chi connectivity index (χ0v) is 12.3. The number of nitrogens with zero attached hydrogens (tertiary/aromatic N) is 2. The first-order valence-corrected chi connectivity index (χ1v) is 7.70. The summed E-state index contributed by atoms with van der Waals surface area (Å²) in [6, 6.07) is 0.783. The molecule has 18 heavy (non-hydrogen) atoms. The Bertz CT molecular complexity index is 361. The lowest BCUT2D eigenvalue weighted by molar-refractivity contribution is 0.180. The maximum Gasteiger partial charge on any atom is 0.0191 e. The van der Waals surface area contributed by atoms with Gasteiger partial charge in [-0.05, 0) is 63.2 Å². The maximum absolute atomic E-state index is 2.71. The molecular formula is C16H28N2. The van der Waals surface area contributed by atoms with Gasteiger partial charge in [0.15, 0.2) is 0 Å². The van der Waals surface area contributed by atoms with E-state index in [1.165, 1.54) is 45.2 Å². The van der Waals surface area contributed by atoms with Crippen LogP contribution >= 0.6 is 0 Å². The van der Waals surface area contributed by atoms with Crippen LogP contribution in [0.4, 0.5) is 0 Å². The minimum atomic E-state index is 0.783. The molecule has 0 fully saturated rings. The molecule has 1 unspecified atom stereocenters. The molecule has 1 atom stereocenters. The van der Waals surface area contributed by atoms with Gasteiger partial charge in [0.2, 0.25) is 0 Å². The van der Waals surface area contributed by atoms with Crippen LogP contribution in [0.1, 0.15) is 51.2 Å². The molecule has 2 nitrogen and oxygen atoms in total. The Morgan fingerprint density at radius 3 is 2.39 bits per heavy atom. The van der Waals surface area contributed by atoms with Crippen molar-refractivity contribution in [2.45, 2.75) is 65.5 Å². The van der Waals surface area contributed by atoms with Crippen LogP contribution in [0.15, 0.2) is 12.4 Å². The molecule has 1 aliphatic carbocycles. The van der Waals surface area contributed by atoms with Crippen LogP contribution in [0.2, 0.25) is 0 Å². The van der Waals surface area contributed by atoms with E-state index in [0.717, 1.165) is 12.6 Å². The van der Waals surface area contributed by atoms with Crippen LogP contribution in [0.25, 0.3) is 0 Å². The number of hydrogen-bond donors (Lipinski definition) is 0. The van der Waals surface area contributed by atoms with Crippen LogP contribution in [-0.4, -0.2) is 28.6 Å². The van der Waals surface area contributed by atoms with Crippen molar-refractivity contribution in [3.8, 4) is 0 Å². The molecule has 1 aromatic heterocycles. The quantitative estimate of drug-likeness (QED) is 0.748. The highest BCUT2D eigenvalue weighted by atomic mass is 15.1. The van der Waals surface area contributed by atoms with Gasteiger partial charge in [-0.25, -0.2) is 0 Å². The standard InChI is InChI=1S/C16H28N2/c1-4-9-18(10-5-2)16-8-7-14-12-17(6-3)13-15(14)11-16/h12-13,16H,4-11H2,1-3H3.